The Morgan fingerprint density at radius 2 is 0.831 bits per heavy atom. The summed E-state index contributed by atoms with van der Waals surface area (Å²) in [5.41, 5.74) is 24.5. The maximum Gasteiger partial charge on any atom is 0.145 e. The first kappa shape index (κ1) is 49.6. The minimum atomic E-state index is 0.517. The molecular weight excluding hydrogens is 1010 g/mol. The maximum atomic E-state index is 13.1. The zero-order chi connectivity index (χ0) is 56.7. The second-order valence-corrected chi connectivity index (χ2v) is 23.0. The summed E-state index contributed by atoms with van der Waals surface area (Å²) in [6, 6.07) is 72.2. The molecule has 398 valence electrons. The van der Waals surface area contributed by atoms with Crippen molar-refractivity contribution in [2.45, 2.75) is 48.5 Å². The monoisotopic (exact) mass is 1070 g/mol. The minimum Gasteiger partial charge on any atom is -0.342 e. The summed E-state index contributed by atoms with van der Waals surface area (Å²) in [7, 11) is 2.18. The van der Waals surface area contributed by atoms with Crippen molar-refractivity contribution in [2.75, 3.05) is 11.9 Å². The molecule has 15 aromatic rings. The molecule has 0 aliphatic heterocycles. The van der Waals surface area contributed by atoms with Gasteiger partial charge >= 0.3 is 0 Å². The van der Waals surface area contributed by atoms with E-state index in [1.807, 2.05) is 18.3 Å². The van der Waals surface area contributed by atoms with Crippen LogP contribution in [0.3, 0.4) is 0 Å². The summed E-state index contributed by atoms with van der Waals surface area (Å²) in [5, 5.41) is 22.0. The van der Waals surface area contributed by atoms with Crippen LogP contribution in [0.25, 0.3) is 127 Å². The Morgan fingerprint density at radius 1 is 0.422 bits per heavy atom. The highest BCUT2D eigenvalue weighted by Crippen LogP contribution is 2.55. The second-order valence-electron chi connectivity index (χ2n) is 23.0. The summed E-state index contributed by atoms with van der Waals surface area (Å²) in [4.78, 5) is 7.57. The normalized spacial score (nSPS) is 11.9. The largest absolute Gasteiger partial charge is 0.342 e. The third-order valence-corrected chi connectivity index (χ3v) is 17.4. The van der Waals surface area contributed by atoms with Crippen LogP contribution in [0.1, 0.15) is 50.1 Å². The van der Waals surface area contributed by atoms with Crippen molar-refractivity contribution in [3.63, 3.8) is 0 Å². The van der Waals surface area contributed by atoms with E-state index >= 15 is 0 Å². The Morgan fingerprint density at radius 3 is 1.33 bits per heavy atom. The van der Waals surface area contributed by atoms with Crippen LogP contribution in [0, 0.1) is 59.8 Å². The Balaban J connectivity index is 1.30. The number of fused-ring (bicyclic) bond motifs is 12. The molecule has 0 fully saturated rings. The maximum absolute atomic E-state index is 13.1. The Hall–Kier alpha value is -10.4. The molecular formula is C76H59N7. The van der Waals surface area contributed by atoms with Crippen LogP contribution in [0.4, 0.5) is 11.4 Å². The molecule has 0 radical (unpaired) electrons. The van der Waals surface area contributed by atoms with Crippen LogP contribution >= 0.6 is 0 Å². The summed E-state index contributed by atoms with van der Waals surface area (Å²) in [6.45, 7) is 19.6. The van der Waals surface area contributed by atoms with Crippen molar-refractivity contribution in [3.8, 4) is 39.9 Å². The lowest BCUT2D eigenvalue weighted by Gasteiger charge is -2.33. The first-order valence-electron chi connectivity index (χ1n) is 28.5. The van der Waals surface area contributed by atoms with E-state index in [0.717, 1.165) is 177 Å². The van der Waals surface area contributed by atoms with E-state index < -0.39 is 0 Å². The SMILES string of the molecule is C=Cc1cc(C)ccc1N(C)c1c(-c2ccccc2-n2c3ccccc3c3cccnc32)c(-n2c3ccc(C)cc3c3cc(C)ccc32)c(-n2c3ccc(C)cc3c3cc(C)ccc32)c(C#N)c1-n1c2ccc(C)cc2c2cc(C)ccc21. The third kappa shape index (κ3) is 7.32. The number of hydrogen-bond acceptors (Lipinski definition) is 3. The smallest absolute Gasteiger partial charge is 0.145 e. The highest BCUT2D eigenvalue weighted by molar-refractivity contribution is 6.17. The molecule has 0 bridgehead atoms. The van der Waals surface area contributed by atoms with Crippen molar-refractivity contribution in [1.82, 2.24) is 23.3 Å². The van der Waals surface area contributed by atoms with Crippen molar-refractivity contribution in [3.05, 3.63) is 251 Å². The molecule has 0 saturated heterocycles. The number of para-hydroxylation sites is 2. The van der Waals surface area contributed by atoms with Crippen LogP contribution in [-0.2, 0) is 0 Å². The predicted octanol–water partition coefficient (Wildman–Crippen LogP) is 19.6. The third-order valence-electron chi connectivity index (χ3n) is 17.4. The van der Waals surface area contributed by atoms with Crippen LogP contribution in [0.15, 0.2) is 201 Å². The molecule has 15 rings (SSSR count). The number of anilines is 2. The molecule has 10 aromatic carbocycles. The standard InChI is InChI=1S/C76H59N7/c1-10-51-36-44(2)21-28-62(51)79(9)74-71(54-17-12-14-20-64(54)83-63-19-13-11-16-52(63)53-18-15-35-78-76(53)83)75(82-69-33-26-49(7)41-59(69)60-42-50(8)27-34-70(60)82)73(81-67-31-24-47(5)39-57(67)58-40-48(6)25-32-68(58)81)61(43-77)72(74)80-65-29-22-45(3)37-55(65)56-38-46(4)23-30-66(56)80/h10-42H,1H2,2-9H3. The molecule has 0 amide bonds. The van der Waals surface area contributed by atoms with Crippen LogP contribution in [-0.4, -0.2) is 30.3 Å². The number of hydrogen-bond donors (Lipinski definition) is 0. The number of rotatable bonds is 8. The molecule has 7 nitrogen and oxygen atoms in total. The van der Waals surface area contributed by atoms with E-state index in [2.05, 4.69) is 273 Å². The molecule has 0 N–H and O–H groups in total. The molecule has 5 heterocycles. The first-order valence-corrected chi connectivity index (χ1v) is 28.5. The average molecular weight is 1070 g/mol. The molecule has 5 aromatic heterocycles. The van der Waals surface area contributed by atoms with Gasteiger partial charge in [0.1, 0.15) is 17.3 Å². The van der Waals surface area contributed by atoms with E-state index in [-0.39, 0.29) is 0 Å². The number of aryl methyl sites for hydroxylation is 7. The molecule has 7 heteroatoms. The Labute approximate surface area is 482 Å². The lowest BCUT2D eigenvalue weighted by molar-refractivity contribution is 1.05. The summed E-state index contributed by atoms with van der Waals surface area (Å²) in [5.74, 6) is 0. The fourth-order valence-corrected chi connectivity index (χ4v) is 13.7. The van der Waals surface area contributed by atoms with E-state index in [1.165, 1.54) is 0 Å². The van der Waals surface area contributed by atoms with Gasteiger partial charge in [-0.1, -0.05) is 130 Å². The molecule has 0 atom stereocenters. The van der Waals surface area contributed by atoms with Crippen LogP contribution in [0.2, 0.25) is 0 Å². The zero-order valence-electron chi connectivity index (χ0n) is 47.9. The second kappa shape index (κ2) is 18.6. The number of benzene rings is 10. The highest BCUT2D eigenvalue weighted by Gasteiger charge is 2.36. The fraction of sp³-hybridized carbons (Fsp3) is 0.105. The van der Waals surface area contributed by atoms with E-state index in [1.54, 1.807) is 0 Å². The molecule has 0 saturated carbocycles. The van der Waals surface area contributed by atoms with E-state index in [0.29, 0.717) is 5.56 Å². The minimum absolute atomic E-state index is 0.517. The van der Waals surface area contributed by atoms with Gasteiger partial charge in [0, 0.05) is 73.1 Å². The summed E-state index contributed by atoms with van der Waals surface area (Å²) < 4.78 is 9.65. The van der Waals surface area contributed by atoms with Gasteiger partial charge in [0.25, 0.3) is 0 Å². The summed E-state index contributed by atoms with van der Waals surface area (Å²) in [6.07, 6.45) is 3.86. The average Bonchev–Trinajstić information content (AvgIpc) is 1.95. The van der Waals surface area contributed by atoms with Crippen LogP contribution < -0.4 is 4.90 Å². The molecule has 83 heavy (non-hydrogen) atoms. The van der Waals surface area contributed by atoms with Crippen molar-refractivity contribution >= 4 is 105 Å². The molecule has 0 unspecified atom stereocenters. The first-order chi connectivity index (χ1) is 40.4. The fourth-order valence-electron chi connectivity index (χ4n) is 13.7. The van der Waals surface area contributed by atoms with Crippen molar-refractivity contribution in [1.29, 1.82) is 5.26 Å². The lowest BCUT2D eigenvalue weighted by atomic mass is 9.91. The van der Waals surface area contributed by atoms with Gasteiger partial charge < -0.3 is 18.6 Å². The van der Waals surface area contributed by atoms with Crippen molar-refractivity contribution in [2.24, 2.45) is 0 Å². The van der Waals surface area contributed by atoms with Gasteiger partial charge in [-0.25, -0.2) is 4.98 Å². The number of aromatic nitrogens is 5. The van der Waals surface area contributed by atoms with E-state index in [4.69, 9.17) is 4.98 Å². The molecule has 0 spiro atoms. The van der Waals surface area contributed by atoms with Gasteiger partial charge in [-0.3, -0.25) is 4.57 Å². The zero-order valence-corrected chi connectivity index (χ0v) is 47.9. The molecule has 0 aliphatic rings. The molecule has 0 aliphatic carbocycles. The number of nitriles is 1. The predicted molar refractivity (Wildman–Crippen MR) is 349 cm³/mol. The van der Waals surface area contributed by atoms with Crippen LogP contribution in [0.5, 0.6) is 0 Å². The van der Waals surface area contributed by atoms with Crippen molar-refractivity contribution < 1.29 is 0 Å². The van der Waals surface area contributed by atoms with Gasteiger partial charge in [0.05, 0.1) is 67.1 Å². The van der Waals surface area contributed by atoms with Gasteiger partial charge in [-0.05, 0) is 163 Å². The van der Waals surface area contributed by atoms with Gasteiger partial charge in [-0.15, -0.1) is 0 Å². The van der Waals surface area contributed by atoms with E-state index in [9.17, 15) is 5.26 Å². The highest BCUT2D eigenvalue weighted by atomic mass is 15.2. The summed E-state index contributed by atoms with van der Waals surface area (Å²) >= 11 is 0. The van der Waals surface area contributed by atoms with Gasteiger partial charge in [0.2, 0.25) is 0 Å². The topological polar surface area (TPSA) is 59.6 Å². The van der Waals surface area contributed by atoms with Gasteiger partial charge in [0.15, 0.2) is 0 Å². The quantitative estimate of drug-likeness (QED) is 0.152. The number of pyridine rings is 1. The Bertz CT molecular complexity index is 5120. The Kier molecular flexibility index (Phi) is 11.1. The lowest BCUT2D eigenvalue weighted by Crippen LogP contribution is -2.20. The number of nitrogens with zero attached hydrogens (tertiary/aromatic N) is 7. The van der Waals surface area contributed by atoms with Gasteiger partial charge in [-0.2, -0.15) is 5.26 Å².